The summed E-state index contributed by atoms with van der Waals surface area (Å²) >= 11 is 0. The number of rotatable bonds is 7. The van der Waals surface area contributed by atoms with Gasteiger partial charge in [-0.2, -0.15) is 48.3 Å². The second kappa shape index (κ2) is 7.40. The second-order valence-corrected chi connectivity index (χ2v) is 31.0. The van der Waals surface area contributed by atoms with Gasteiger partial charge in [-0.1, -0.05) is 0 Å². The first kappa shape index (κ1) is 24.8. The highest BCUT2D eigenvalue weighted by molar-refractivity contribution is 8.45. The van der Waals surface area contributed by atoms with Crippen molar-refractivity contribution in [1.29, 1.82) is 0 Å². The second-order valence-electron chi connectivity index (χ2n) is 10.1. The summed E-state index contributed by atoms with van der Waals surface area (Å²) in [5.41, 5.74) is 0. The zero-order chi connectivity index (χ0) is 19.2. The summed E-state index contributed by atoms with van der Waals surface area (Å²) in [5, 5.41) is 0. The zero-order valence-electron chi connectivity index (χ0n) is 18.6. The fourth-order valence-corrected chi connectivity index (χ4v) is 24.6. The van der Waals surface area contributed by atoms with Crippen LogP contribution >= 0.6 is 48.1 Å². The first-order valence-electron chi connectivity index (χ1n) is 7.75. The summed E-state index contributed by atoms with van der Waals surface area (Å²) in [6, 6.07) is 0. The predicted molar refractivity (Wildman–Crippen MR) is 134 cm³/mol. The van der Waals surface area contributed by atoms with Crippen molar-refractivity contribution >= 4 is 48.1 Å². The van der Waals surface area contributed by atoms with Crippen molar-refractivity contribution < 1.29 is 0 Å². The van der Waals surface area contributed by atoms with Crippen LogP contribution in [-0.4, -0.2) is 108 Å². The minimum absolute atomic E-state index is 0.595. The molecule has 0 atom stereocenters. The van der Waals surface area contributed by atoms with E-state index in [9.17, 15) is 0 Å². The maximum Gasteiger partial charge on any atom is 0.207 e. The molecule has 0 spiro atoms. The highest BCUT2D eigenvalue weighted by Crippen LogP contribution is 2.74. The number of nitrogens with zero attached hydrogens (tertiary/aromatic N) is 2. The van der Waals surface area contributed by atoms with E-state index >= 15 is 0 Å². The molecule has 0 aliphatic carbocycles. The molecule has 0 amide bonds. The van der Waals surface area contributed by atoms with E-state index in [0.29, 0.717) is 5.91 Å². The SMILES string of the molecule is C[P+](C)(C)C(N(S(C)(C)C)S(C)(C)C)N(S(C)(C)C)S(C)(C)C. The van der Waals surface area contributed by atoms with E-state index in [2.05, 4.69) is 102 Å². The van der Waals surface area contributed by atoms with E-state index in [4.69, 9.17) is 0 Å². The van der Waals surface area contributed by atoms with Crippen LogP contribution in [0.4, 0.5) is 0 Å². The van der Waals surface area contributed by atoms with Crippen molar-refractivity contribution in [2.45, 2.75) is 5.91 Å². The Morgan fingerprint density at radius 3 is 0.739 bits per heavy atom. The Kier molecular flexibility index (Phi) is 7.97. The summed E-state index contributed by atoms with van der Waals surface area (Å²) in [4.78, 5) is 0. The van der Waals surface area contributed by atoms with Gasteiger partial charge in [-0.3, -0.25) is 0 Å². The molecule has 0 radical (unpaired) electrons. The standard InChI is InChI=1S/C16H46N2PS4/c1-19(2,3)16(17(20(4,5)6)21(7,8)9)18(22(10,11)12)23(13,14)15/h16H,1-15H3/q+1. The van der Waals surface area contributed by atoms with Crippen molar-refractivity contribution in [2.75, 3.05) is 95.1 Å². The molecular formula is C16H46N2PS4+. The summed E-state index contributed by atoms with van der Waals surface area (Å²) < 4.78 is 5.95. The molecule has 148 valence electrons. The van der Waals surface area contributed by atoms with Crippen molar-refractivity contribution in [2.24, 2.45) is 0 Å². The minimum Gasteiger partial charge on any atom is -0.182 e. The maximum absolute atomic E-state index is 2.98. The average Bonchev–Trinajstić information content (AvgIpc) is 2.04. The molecule has 23 heavy (non-hydrogen) atoms. The molecule has 0 saturated heterocycles. The third kappa shape index (κ3) is 7.11. The van der Waals surface area contributed by atoms with Crippen LogP contribution in [0, 0.1) is 0 Å². The molecule has 2 nitrogen and oxygen atoms in total. The van der Waals surface area contributed by atoms with Gasteiger partial charge in [0, 0.05) is 7.26 Å². The Morgan fingerprint density at radius 1 is 0.478 bits per heavy atom. The van der Waals surface area contributed by atoms with Gasteiger partial charge >= 0.3 is 0 Å². The van der Waals surface area contributed by atoms with E-state index in [1.165, 1.54) is 0 Å². The van der Waals surface area contributed by atoms with Crippen LogP contribution < -0.4 is 0 Å². The average molecular weight is 426 g/mol. The van der Waals surface area contributed by atoms with Gasteiger partial charge in [0.2, 0.25) is 5.91 Å². The summed E-state index contributed by atoms with van der Waals surface area (Å²) in [5.74, 6) is 0.595. The topological polar surface area (TPSA) is 6.48 Å². The lowest BCUT2D eigenvalue weighted by molar-refractivity contribution is 0.507. The minimum atomic E-state index is -1.09. The van der Waals surface area contributed by atoms with Crippen LogP contribution in [0.1, 0.15) is 0 Å². The predicted octanol–water partition coefficient (Wildman–Crippen LogP) is 5.22. The normalized spacial score (nSPS) is 18.7. The first-order valence-corrected chi connectivity index (χ1v) is 22.2. The van der Waals surface area contributed by atoms with E-state index < -0.39 is 48.1 Å². The van der Waals surface area contributed by atoms with Crippen molar-refractivity contribution in [3.8, 4) is 0 Å². The Hall–Kier alpha value is 1.75. The summed E-state index contributed by atoms with van der Waals surface area (Å²) in [7, 11) is -4.24. The van der Waals surface area contributed by atoms with Crippen LogP contribution in [-0.2, 0) is 0 Å². The van der Waals surface area contributed by atoms with Crippen molar-refractivity contribution in [3.63, 3.8) is 0 Å². The van der Waals surface area contributed by atoms with Gasteiger partial charge in [-0.15, -0.1) is 0 Å². The monoisotopic (exact) mass is 425 g/mol. The van der Waals surface area contributed by atoms with Crippen LogP contribution in [0.15, 0.2) is 0 Å². The molecule has 0 aliphatic rings. The Balaban J connectivity index is 6.55. The molecule has 0 fully saturated rings. The number of hydrogen-bond acceptors (Lipinski definition) is 2. The molecule has 0 N–H and O–H groups in total. The van der Waals surface area contributed by atoms with Crippen LogP contribution in [0.25, 0.3) is 0 Å². The summed E-state index contributed by atoms with van der Waals surface area (Å²) in [6.45, 7) is 7.64. The molecule has 0 aromatic heterocycles. The molecule has 0 bridgehead atoms. The molecule has 0 rings (SSSR count). The van der Waals surface area contributed by atoms with Gasteiger partial charge in [0.05, 0.1) is 20.0 Å². The van der Waals surface area contributed by atoms with Crippen LogP contribution in [0.3, 0.4) is 0 Å². The van der Waals surface area contributed by atoms with Gasteiger partial charge in [0.15, 0.2) is 0 Å². The van der Waals surface area contributed by atoms with Gasteiger partial charge in [0.1, 0.15) is 0 Å². The lowest BCUT2D eigenvalue weighted by atomic mass is 11.2. The molecule has 0 aliphatic heterocycles. The smallest absolute Gasteiger partial charge is 0.182 e. The van der Waals surface area contributed by atoms with Crippen LogP contribution in [0.2, 0.25) is 0 Å². The molecule has 7 heteroatoms. The van der Waals surface area contributed by atoms with Crippen molar-refractivity contribution in [1.82, 2.24) is 7.42 Å². The fraction of sp³-hybridized carbons (Fsp3) is 1.00. The third-order valence-electron chi connectivity index (χ3n) is 3.23. The Morgan fingerprint density at radius 2 is 0.652 bits per heavy atom. The van der Waals surface area contributed by atoms with E-state index in [0.717, 1.165) is 0 Å². The van der Waals surface area contributed by atoms with E-state index in [-0.39, 0.29) is 0 Å². The maximum atomic E-state index is 2.98. The van der Waals surface area contributed by atoms with Gasteiger partial charge in [-0.05, 0) is 75.1 Å². The van der Waals surface area contributed by atoms with Crippen LogP contribution in [0.5, 0.6) is 0 Å². The van der Waals surface area contributed by atoms with Gasteiger partial charge in [-0.25, -0.2) is 0 Å². The molecule has 0 aromatic rings. The fourth-order valence-electron chi connectivity index (χ4n) is 3.12. The van der Waals surface area contributed by atoms with E-state index in [1.54, 1.807) is 0 Å². The number of hydrogen-bond donors (Lipinski definition) is 0. The van der Waals surface area contributed by atoms with Crippen molar-refractivity contribution in [3.05, 3.63) is 0 Å². The van der Waals surface area contributed by atoms with E-state index in [1.807, 2.05) is 0 Å². The molecule has 0 unspecified atom stereocenters. The molecule has 0 heterocycles. The quantitative estimate of drug-likeness (QED) is 0.408. The first-order chi connectivity index (χ1) is 9.61. The highest BCUT2D eigenvalue weighted by Gasteiger charge is 2.52. The molecule has 0 aromatic carbocycles. The Labute approximate surface area is 156 Å². The third-order valence-corrected chi connectivity index (χ3v) is 16.2. The molecular weight excluding hydrogens is 379 g/mol. The largest absolute Gasteiger partial charge is 0.207 e. The zero-order valence-corrected chi connectivity index (χ0v) is 22.7. The summed E-state index contributed by atoms with van der Waals surface area (Å²) in [6.07, 6.45) is 29.9. The molecule has 0 saturated carbocycles. The lowest BCUT2D eigenvalue weighted by Gasteiger charge is -2.63. The Bertz CT molecular complexity index is 335. The van der Waals surface area contributed by atoms with Gasteiger partial charge < -0.3 is 0 Å². The highest BCUT2D eigenvalue weighted by atomic mass is 32.3. The lowest BCUT2D eigenvalue weighted by Crippen LogP contribution is -2.50. The van der Waals surface area contributed by atoms with Gasteiger partial charge in [0.25, 0.3) is 0 Å².